The molecule has 4 atom stereocenters. The van der Waals surface area contributed by atoms with E-state index in [1.807, 2.05) is 19.1 Å². The van der Waals surface area contributed by atoms with Crippen LogP contribution in [0, 0.1) is 18.8 Å². The van der Waals surface area contributed by atoms with Gasteiger partial charge in [-0.2, -0.15) is 0 Å². The highest BCUT2D eigenvalue weighted by molar-refractivity contribution is 8.02. The van der Waals surface area contributed by atoms with Crippen LogP contribution < -0.4 is 10.6 Å². The Labute approximate surface area is 169 Å². The highest BCUT2D eigenvalue weighted by Gasteiger charge is 2.29. The van der Waals surface area contributed by atoms with Crippen molar-refractivity contribution in [2.75, 3.05) is 5.32 Å². The summed E-state index contributed by atoms with van der Waals surface area (Å²) < 4.78 is 0.803. The molecule has 0 unspecified atom stereocenters. The molecule has 5 nitrogen and oxygen atoms in total. The number of thioether (sulfide) groups is 1. The van der Waals surface area contributed by atoms with Gasteiger partial charge in [0.2, 0.25) is 11.0 Å². The number of hydrogen-bond acceptors (Lipinski definition) is 6. The van der Waals surface area contributed by atoms with Crippen molar-refractivity contribution in [1.29, 1.82) is 0 Å². The fourth-order valence-electron chi connectivity index (χ4n) is 3.36. The zero-order valence-electron chi connectivity index (χ0n) is 16.4. The predicted molar refractivity (Wildman–Crippen MR) is 114 cm³/mol. The summed E-state index contributed by atoms with van der Waals surface area (Å²) in [4.78, 5) is 12.6. The van der Waals surface area contributed by atoms with Crippen molar-refractivity contribution < 1.29 is 4.79 Å². The van der Waals surface area contributed by atoms with Crippen molar-refractivity contribution in [3.8, 4) is 0 Å². The van der Waals surface area contributed by atoms with Crippen LogP contribution in [0.3, 0.4) is 0 Å². The average molecular weight is 405 g/mol. The molecule has 0 radical (unpaired) electrons. The maximum Gasteiger partial charge on any atom is 0.233 e. The Hall–Kier alpha value is -1.60. The van der Waals surface area contributed by atoms with Crippen LogP contribution in [0.25, 0.3) is 0 Å². The van der Waals surface area contributed by atoms with Crippen LogP contribution in [0.1, 0.15) is 45.6 Å². The molecule has 1 heterocycles. The van der Waals surface area contributed by atoms with Crippen LogP contribution in [0.2, 0.25) is 0 Å². The van der Waals surface area contributed by atoms with Crippen molar-refractivity contribution in [1.82, 2.24) is 15.5 Å². The predicted octanol–water partition coefficient (Wildman–Crippen LogP) is 5.01. The molecule has 1 fully saturated rings. The van der Waals surface area contributed by atoms with Crippen LogP contribution in [0.5, 0.6) is 0 Å². The maximum atomic E-state index is 12.6. The Morgan fingerprint density at radius 3 is 2.70 bits per heavy atom. The number of aryl methyl sites for hydroxylation is 1. The highest BCUT2D eigenvalue weighted by atomic mass is 32.2. The van der Waals surface area contributed by atoms with Gasteiger partial charge in [-0.1, -0.05) is 67.5 Å². The standard InChI is InChI=1S/C20H28N4OS2/c1-12-8-10-16(11-9-12)21-19-23-24-20(27-19)26-15(4)18(25)22-17-7-5-6-13(2)14(17)3/h8-11,13-15,17H,5-7H2,1-4H3,(H,21,23)(H,22,25)/t13-,14+,15-,17+/m1/s1. The second-order valence-electron chi connectivity index (χ2n) is 7.51. The molecule has 7 heteroatoms. The van der Waals surface area contributed by atoms with E-state index in [4.69, 9.17) is 0 Å². The number of nitrogens with zero attached hydrogens (tertiary/aromatic N) is 2. The van der Waals surface area contributed by atoms with Gasteiger partial charge < -0.3 is 10.6 Å². The molecule has 0 bridgehead atoms. The molecular weight excluding hydrogens is 376 g/mol. The Bertz CT molecular complexity index is 762. The molecule has 1 aliphatic carbocycles. The van der Waals surface area contributed by atoms with Crippen molar-refractivity contribution >= 4 is 39.8 Å². The zero-order valence-corrected chi connectivity index (χ0v) is 18.0. The van der Waals surface area contributed by atoms with E-state index in [0.717, 1.165) is 21.6 Å². The lowest BCUT2D eigenvalue weighted by molar-refractivity contribution is -0.121. The summed E-state index contributed by atoms with van der Waals surface area (Å²) in [6.45, 7) is 8.53. The summed E-state index contributed by atoms with van der Waals surface area (Å²) in [5.74, 6) is 1.30. The third-order valence-corrected chi connectivity index (χ3v) is 7.41. The molecule has 1 amide bonds. The largest absolute Gasteiger partial charge is 0.352 e. The van der Waals surface area contributed by atoms with Gasteiger partial charge in [-0.15, -0.1) is 10.2 Å². The van der Waals surface area contributed by atoms with Gasteiger partial charge in [-0.25, -0.2) is 0 Å². The third-order valence-electron chi connectivity index (χ3n) is 5.39. The molecule has 146 valence electrons. The Balaban J connectivity index is 1.53. The van der Waals surface area contributed by atoms with Crippen molar-refractivity contribution in [3.05, 3.63) is 29.8 Å². The summed E-state index contributed by atoms with van der Waals surface area (Å²) in [5.41, 5.74) is 2.20. The van der Waals surface area contributed by atoms with E-state index < -0.39 is 0 Å². The summed E-state index contributed by atoms with van der Waals surface area (Å²) >= 11 is 2.94. The van der Waals surface area contributed by atoms with Crippen LogP contribution in [-0.4, -0.2) is 27.4 Å². The first-order valence-electron chi connectivity index (χ1n) is 9.56. The minimum atomic E-state index is -0.186. The first kappa shape index (κ1) is 20.1. The van der Waals surface area contributed by atoms with E-state index in [1.54, 1.807) is 0 Å². The third kappa shape index (κ3) is 5.45. The monoisotopic (exact) mass is 404 g/mol. The number of nitrogens with one attached hydrogen (secondary N) is 2. The van der Waals surface area contributed by atoms with Gasteiger partial charge in [0.1, 0.15) is 0 Å². The van der Waals surface area contributed by atoms with Gasteiger partial charge in [0.05, 0.1) is 5.25 Å². The molecule has 0 saturated heterocycles. The smallest absolute Gasteiger partial charge is 0.233 e. The lowest BCUT2D eigenvalue weighted by Gasteiger charge is -2.35. The highest BCUT2D eigenvalue weighted by Crippen LogP contribution is 2.32. The average Bonchev–Trinajstić information content (AvgIpc) is 3.07. The molecule has 1 saturated carbocycles. The van der Waals surface area contributed by atoms with E-state index in [2.05, 4.69) is 53.7 Å². The summed E-state index contributed by atoms with van der Waals surface area (Å²) in [6.07, 6.45) is 3.54. The second-order valence-corrected chi connectivity index (χ2v) is 10.1. The SMILES string of the molecule is Cc1ccc(Nc2nnc(S[C@H](C)C(=O)N[C@H]3CCC[C@@H](C)[C@@H]3C)s2)cc1. The second kappa shape index (κ2) is 9.06. The summed E-state index contributed by atoms with van der Waals surface area (Å²) in [7, 11) is 0. The number of anilines is 2. The quantitative estimate of drug-likeness (QED) is 0.662. The molecular formula is C20H28N4OS2. The topological polar surface area (TPSA) is 66.9 Å². The molecule has 0 spiro atoms. The minimum Gasteiger partial charge on any atom is -0.352 e. The van der Waals surface area contributed by atoms with Crippen LogP contribution in [0.15, 0.2) is 28.6 Å². The molecule has 3 rings (SSSR count). The lowest BCUT2D eigenvalue weighted by atomic mass is 9.78. The van der Waals surface area contributed by atoms with E-state index >= 15 is 0 Å². The van der Waals surface area contributed by atoms with Crippen molar-refractivity contribution in [2.24, 2.45) is 11.8 Å². The number of carbonyl (C=O) groups is 1. The molecule has 1 aliphatic rings. The van der Waals surface area contributed by atoms with Gasteiger partial charge in [-0.3, -0.25) is 4.79 Å². The van der Waals surface area contributed by atoms with E-state index in [9.17, 15) is 4.79 Å². The number of hydrogen-bond donors (Lipinski definition) is 2. The first-order valence-corrected chi connectivity index (χ1v) is 11.3. The minimum absolute atomic E-state index is 0.0918. The first-order chi connectivity index (χ1) is 12.9. The van der Waals surface area contributed by atoms with Crippen molar-refractivity contribution in [2.45, 2.75) is 62.6 Å². The number of rotatable bonds is 6. The van der Waals surface area contributed by atoms with Gasteiger partial charge in [0.25, 0.3) is 0 Å². The fraction of sp³-hybridized carbons (Fsp3) is 0.550. The van der Waals surface area contributed by atoms with Gasteiger partial charge >= 0.3 is 0 Å². The molecule has 2 N–H and O–H groups in total. The number of amides is 1. The van der Waals surface area contributed by atoms with Crippen LogP contribution in [-0.2, 0) is 4.79 Å². The number of carbonyl (C=O) groups excluding carboxylic acids is 1. The molecule has 1 aromatic carbocycles. The van der Waals surface area contributed by atoms with Gasteiger partial charge in [0.15, 0.2) is 4.34 Å². The molecule has 1 aromatic heterocycles. The molecule has 27 heavy (non-hydrogen) atoms. The van der Waals surface area contributed by atoms with Crippen LogP contribution in [0.4, 0.5) is 10.8 Å². The van der Waals surface area contributed by atoms with E-state index in [1.165, 1.54) is 41.5 Å². The van der Waals surface area contributed by atoms with E-state index in [-0.39, 0.29) is 17.2 Å². The Morgan fingerprint density at radius 2 is 1.96 bits per heavy atom. The van der Waals surface area contributed by atoms with Crippen molar-refractivity contribution in [3.63, 3.8) is 0 Å². The number of benzene rings is 1. The van der Waals surface area contributed by atoms with Gasteiger partial charge in [-0.05, 0) is 44.2 Å². The molecule has 2 aromatic rings. The zero-order chi connectivity index (χ0) is 19.4. The molecule has 0 aliphatic heterocycles. The normalized spacial score (nSPS) is 23.6. The fourth-order valence-corrected chi connectivity index (χ4v) is 5.28. The van der Waals surface area contributed by atoms with Gasteiger partial charge in [0, 0.05) is 11.7 Å². The Morgan fingerprint density at radius 1 is 1.22 bits per heavy atom. The summed E-state index contributed by atoms with van der Waals surface area (Å²) in [6, 6.07) is 8.44. The lowest BCUT2D eigenvalue weighted by Crippen LogP contribution is -2.46. The maximum absolute atomic E-state index is 12.6. The number of aromatic nitrogens is 2. The van der Waals surface area contributed by atoms with E-state index in [0.29, 0.717) is 11.8 Å². The Kier molecular flexibility index (Phi) is 6.76. The summed E-state index contributed by atoms with van der Waals surface area (Å²) in [5, 5.41) is 15.5. The van der Waals surface area contributed by atoms with Crippen LogP contribution >= 0.6 is 23.1 Å².